The molecule has 2 aliphatic heterocycles. The minimum absolute atomic E-state index is 0.0118. The first-order valence-corrected chi connectivity index (χ1v) is 20.1. The normalized spacial score (nSPS) is 16.9. The fraction of sp³-hybridized carbons (Fsp3) is 0.697. The molecule has 0 bridgehead atoms. The van der Waals surface area contributed by atoms with Gasteiger partial charge in [-0.1, -0.05) is 10.3 Å². The van der Waals surface area contributed by atoms with Gasteiger partial charge in [0.1, 0.15) is 26.3 Å². The van der Waals surface area contributed by atoms with Gasteiger partial charge in [-0.05, 0) is 81.1 Å². The Morgan fingerprint density at radius 3 is 1.30 bits per heavy atom. The minimum Gasteiger partial charge on any atom is -0.481 e. The second-order valence-electron chi connectivity index (χ2n) is 14.9. The molecule has 2 aromatic heterocycles. The molecule has 0 atom stereocenters. The van der Waals surface area contributed by atoms with Gasteiger partial charge in [-0.3, -0.25) is 29.8 Å². The van der Waals surface area contributed by atoms with Crippen molar-refractivity contribution in [3.63, 3.8) is 0 Å². The number of aliphatic carboxylic acids is 1. The van der Waals surface area contributed by atoms with Gasteiger partial charge in [0, 0.05) is 45.6 Å². The van der Waals surface area contributed by atoms with Crippen LogP contribution in [0.1, 0.15) is 92.5 Å². The van der Waals surface area contributed by atoms with Crippen LogP contribution >= 0.6 is 0 Å². The molecule has 2 fully saturated rings. The maximum atomic E-state index is 12.9. The van der Waals surface area contributed by atoms with E-state index < -0.39 is 68.3 Å². The van der Waals surface area contributed by atoms with Crippen LogP contribution < -0.4 is 16.0 Å². The lowest BCUT2D eigenvalue weighted by Crippen LogP contribution is -2.50. The first-order chi connectivity index (χ1) is 24.3. The Labute approximate surface area is 309 Å². The molecule has 0 spiro atoms. The average molecular weight is 790 g/mol. The number of carbonyl (C=O) groups excluding carboxylic acids is 3. The molecule has 0 aliphatic carbocycles. The Morgan fingerprint density at radius 1 is 0.642 bits per heavy atom. The van der Waals surface area contributed by atoms with Gasteiger partial charge in [0.25, 0.3) is 0 Å². The largest absolute Gasteiger partial charge is 0.481 e. The molecular formula is C33H51N5O13S2. The van der Waals surface area contributed by atoms with Crippen LogP contribution in [0.15, 0.2) is 21.2 Å². The number of nitrogens with zero attached hydrogens (tertiary/aromatic N) is 2. The summed E-state index contributed by atoms with van der Waals surface area (Å²) < 4.78 is 68.6. The molecule has 53 heavy (non-hydrogen) atoms. The van der Waals surface area contributed by atoms with E-state index in [1.165, 1.54) is 60.7 Å². The lowest BCUT2D eigenvalue weighted by Gasteiger charge is -2.30. The Hall–Kier alpha value is -3.88. The minimum atomic E-state index is -3.76. The highest BCUT2D eigenvalue weighted by atomic mass is 32.2. The molecule has 4 heterocycles. The zero-order chi connectivity index (χ0) is 40.2. The fourth-order valence-electron chi connectivity index (χ4n) is 5.38. The second-order valence-corrected chi connectivity index (χ2v) is 20.5. The van der Waals surface area contributed by atoms with E-state index in [4.69, 9.17) is 18.5 Å². The molecular weight excluding hydrogens is 739 g/mol. The van der Waals surface area contributed by atoms with Crippen LogP contribution in [0.5, 0.6) is 0 Å². The van der Waals surface area contributed by atoms with E-state index in [0.717, 1.165) is 0 Å². The predicted octanol–water partition coefficient (Wildman–Crippen LogP) is 2.36. The van der Waals surface area contributed by atoms with Gasteiger partial charge in [-0.15, -0.1) is 0 Å². The van der Waals surface area contributed by atoms with E-state index in [2.05, 4.69) is 26.3 Å². The standard InChI is InChI=1S/C17H27N3O6S.C16H24N2O7S/c1-16(2,14(21)18-5)12-10-13(26-20-12)19-15(22)17(3,4)27(23,24)11-6-8-25-9-7-11;1-15(2,14(20)21)11-9-12(25-18-11)17-13(19)16(3,4)26(22,23)10-5-7-24-8-6-10/h10-11H,6-9H2,1-5H3,(H,18,21)(H,19,22);9-10H,5-8H2,1-4H3,(H,17,19)(H,20,21). The van der Waals surface area contributed by atoms with Crippen molar-refractivity contribution in [3.05, 3.63) is 23.5 Å². The number of carboxylic acids is 1. The molecule has 2 aliphatic rings. The van der Waals surface area contributed by atoms with Crippen molar-refractivity contribution >= 4 is 55.1 Å². The van der Waals surface area contributed by atoms with Crippen LogP contribution in [-0.4, -0.2) is 109 Å². The van der Waals surface area contributed by atoms with Crippen LogP contribution in [0.3, 0.4) is 0 Å². The zero-order valence-corrected chi connectivity index (χ0v) is 33.2. The Morgan fingerprint density at radius 2 is 0.981 bits per heavy atom. The number of carbonyl (C=O) groups is 4. The van der Waals surface area contributed by atoms with Gasteiger partial charge < -0.3 is 28.9 Å². The molecule has 0 saturated carbocycles. The van der Waals surface area contributed by atoms with Crippen LogP contribution in [0.25, 0.3) is 0 Å². The maximum absolute atomic E-state index is 12.9. The van der Waals surface area contributed by atoms with Crippen molar-refractivity contribution in [1.29, 1.82) is 0 Å². The molecule has 20 heteroatoms. The van der Waals surface area contributed by atoms with Gasteiger partial charge in [0.05, 0.1) is 15.9 Å². The number of nitrogens with one attached hydrogen (secondary N) is 3. The number of carboxylic acid groups (broad SMARTS) is 1. The van der Waals surface area contributed by atoms with Crippen molar-refractivity contribution < 1.29 is 59.6 Å². The molecule has 18 nitrogen and oxygen atoms in total. The number of rotatable bonds is 12. The molecule has 0 aromatic carbocycles. The topological polar surface area (TPSA) is 263 Å². The number of anilines is 2. The van der Waals surface area contributed by atoms with Gasteiger partial charge in [-0.25, -0.2) is 16.8 Å². The first kappa shape index (κ1) is 43.5. The third-order valence-corrected chi connectivity index (χ3v) is 15.7. The predicted molar refractivity (Wildman–Crippen MR) is 192 cm³/mol. The number of hydrogen-bond acceptors (Lipinski definition) is 14. The summed E-state index contributed by atoms with van der Waals surface area (Å²) >= 11 is 0. The zero-order valence-electron chi connectivity index (χ0n) is 31.5. The van der Waals surface area contributed by atoms with Gasteiger partial charge in [0.15, 0.2) is 19.7 Å². The van der Waals surface area contributed by atoms with Crippen LogP contribution in [-0.2, 0) is 59.2 Å². The summed E-state index contributed by atoms with van der Waals surface area (Å²) in [5, 5.41) is 22.8. The molecule has 4 N–H and O–H groups in total. The third-order valence-electron chi connectivity index (χ3n) is 9.83. The number of hydrogen-bond donors (Lipinski definition) is 4. The Balaban J connectivity index is 0.000000286. The van der Waals surface area contributed by atoms with Crippen molar-refractivity contribution in [3.8, 4) is 0 Å². The summed E-state index contributed by atoms with van der Waals surface area (Å²) in [5.74, 6) is -2.96. The number of amides is 3. The molecule has 4 rings (SSSR count). The highest BCUT2D eigenvalue weighted by Crippen LogP contribution is 2.32. The number of sulfone groups is 2. The third kappa shape index (κ3) is 9.09. The highest BCUT2D eigenvalue weighted by molar-refractivity contribution is 7.94. The summed E-state index contributed by atoms with van der Waals surface area (Å²) in [7, 11) is -5.99. The van der Waals surface area contributed by atoms with Crippen molar-refractivity contribution in [1.82, 2.24) is 15.6 Å². The quantitative estimate of drug-likeness (QED) is 0.241. The van der Waals surface area contributed by atoms with E-state index in [-0.39, 0.29) is 23.4 Å². The highest BCUT2D eigenvalue weighted by Gasteiger charge is 2.48. The van der Waals surface area contributed by atoms with E-state index in [1.807, 2.05) is 0 Å². The van der Waals surface area contributed by atoms with Crippen LogP contribution in [0.2, 0.25) is 0 Å². The number of ether oxygens (including phenoxy) is 2. The van der Waals surface area contributed by atoms with Gasteiger partial charge in [-0.2, -0.15) is 0 Å². The second kappa shape index (κ2) is 16.2. The van der Waals surface area contributed by atoms with Crippen LogP contribution in [0.4, 0.5) is 11.8 Å². The first-order valence-electron chi connectivity index (χ1n) is 17.0. The lowest BCUT2D eigenvalue weighted by atomic mass is 9.88. The van der Waals surface area contributed by atoms with Crippen molar-refractivity contribution in [2.75, 3.05) is 44.1 Å². The fourth-order valence-corrected chi connectivity index (χ4v) is 9.30. The van der Waals surface area contributed by atoms with Crippen molar-refractivity contribution in [2.45, 2.75) is 112 Å². The molecule has 0 unspecified atom stereocenters. The Bertz CT molecular complexity index is 1870. The van der Waals surface area contributed by atoms with Gasteiger partial charge in [0.2, 0.25) is 29.5 Å². The monoisotopic (exact) mass is 789 g/mol. The number of likely N-dealkylation sites (N-methyl/N-ethyl adjacent to an activating group) is 1. The molecule has 0 radical (unpaired) electrons. The summed E-state index contributed by atoms with van der Waals surface area (Å²) in [6, 6.07) is 2.70. The van der Waals surface area contributed by atoms with E-state index in [0.29, 0.717) is 57.8 Å². The van der Waals surface area contributed by atoms with E-state index >= 15 is 0 Å². The van der Waals surface area contributed by atoms with Gasteiger partial charge >= 0.3 is 5.97 Å². The molecule has 2 aromatic rings. The smallest absolute Gasteiger partial charge is 0.315 e. The number of aromatic nitrogens is 2. The molecule has 298 valence electrons. The van der Waals surface area contributed by atoms with Crippen LogP contribution in [0, 0.1) is 0 Å². The lowest BCUT2D eigenvalue weighted by molar-refractivity contribution is -0.142. The SMILES string of the molecule is CC(C)(C(=O)O)c1cc(NC(=O)C(C)(C)S(=O)(=O)C2CCOCC2)on1.CNC(=O)C(C)(C)c1cc(NC(=O)C(C)(C)S(=O)(=O)C2CCOCC2)on1. The summed E-state index contributed by atoms with van der Waals surface area (Å²) in [6.45, 7) is 13.0. The molecule has 2 saturated heterocycles. The van der Waals surface area contributed by atoms with E-state index in [9.17, 15) is 41.1 Å². The summed E-state index contributed by atoms with van der Waals surface area (Å²) in [4.78, 5) is 48.5. The molecule has 3 amide bonds. The van der Waals surface area contributed by atoms with Crippen molar-refractivity contribution in [2.24, 2.45) is 0 Å². The Kier molecular flexibility index (Phi) is 13.3. The maximum Gasteiger partial charge on any atom is 0.315 e. The summed E-state index contributed by atoms with van der Waals surface area (Å²) in [5.41, 5.74) is -1.84. The van der Waals surface area contributed by atoms with E-state index in [1.54, 1.807) is 13.8 Å². The summed E-state index contributed by atoms with van der Waals surface area (Å²) in [6.07, 6.45) is 1.42. The average Bonchev–Trinajstić information content (AvgIpc) is 3.79.